The molecule has 0 bridgehead atoms. The zero-order valence-electron chi connectivity index (χ0n) is 14.6. The molecule has 26 heavy (non-hydrogen) atoms. The van der Waals surface area contributed by atoms with Crippen LogP contribution in [-0.4, -0.2) is 30.2 Å². The van der Waals surface area contributed by atoms with Crippen molar-refractivity contribution in [3.63, 3.8) is 0 Å². The Morgan fingerprint density at radius 2 is 1.77 bits per heavy atom. The molecule has 2 N–H and O–H groups in total. The fourth-order valence-corrected chi connectivity index (χ4v) is 2.57. The largest absolute Gasteiger partial charge is 0.385 e. The molecule has 3 aromatic rings. The van der Waals surface area contributed by atoms with E-state index in [0.717, 1.165) is 35.7 Å². The van der Waals surface area contributed by atoms with Gasteiger partial charge in [-0.1, -0.05) is 41.9 Å². The van der Waals surface area contributed by atoms with E-state index >= 15 is 0 Å². The van der Waals surface area contributed by atoms with E-state index in [1.165, 1.54) is 0 Å². The number of benzene rings is 2. The summed E-state index contributed by atoms with van der Waals surface area (Å²) in [5.41, 5.74) is 2.80. The number of aromatic nitrogens is 2. The van der Waals surface area contributed by atoms with E-state index in [9.17, 15) is 0 Å². The van der Waals surface area contributed by atoms with Crippen molar-refractivity contribution >= 4 is 29.1 Å². The Morgan fingerprint density at radius 3 is 2.50 bits per heavy atom. The van der Waals surface area contributed by atoms with Crippen molar-refractivity contribution in [1.29, 1.82) is 0 Å². The fraction of sp³-hybridized carbons (Fsp3) is 0.200. The number of methoxy groups -OCH3 is 1. The normalized spacial score (nSPS) is 10.5. The van der Waals surface area contributed by atoms with Crippen LogP contribution in [0.1, 0.15) is 6.42 Å². The highest BCUT2D eigenvalue weighted by Crippen LogP contribution is 2.24. The molecule has 1 heterocycles. The van der Waals surface area contributed by atoms with Gasteiger partial charge in [-0.05, 0) is 30.7 Å². The van der Waals surface area contributed by atoms with Gasteiger partial charge < -0.3 is 15.4 Å². The van der Waals surface area contributed by atoms with Crippen LogP contribution >= 0.6 is 11.6 Å². The molecule has 0 unspecified atom stereocenters. The lowest BCUT2D eigenvalue weighted by atomic mass is 10.1. The number of ether oxygens (including phenoxy) is 1. The minimum atomic E-state index is 0.582. The van der Waals surface area contributed by atoms with Crippen molar-refractivity contribution in [2.45, 2.75) is 6.42 Å². The Kier molecular flexibility index (Phi) is 6.41. The molecule has 0 fully saturated rings. The van der Waals surface area contributed by atoms with Gasteiger partial charge in [-0.2, -0.15) is 4.98 Å². The second-order valence-electron chi connectivity index (χ2n) is 5.73. The maximum atomic E-state index is 5.95. The van der Waals surface area contributed by atoms with E-state index in [0.29, 0.717) is 17.6 Å². The number of hydrogen-bond donors (Lipinski definition) is 2. The van der Waals surface area contributed by atoms with Crippen LogP contribution in [0, 0.1) is 0 Å². The molecule has 0 spiro atoms. The van der Waals surface area contributed by atoms with E-state index in [1.54, 1.807) is 7.11 Å². The lowest BCUT2D eigenvalue weighted by Crippen LogP contribution is -2.09. The van der Waals surface area contributed by atoms with Gasteiger partial charge in [-0.25, -0.2) is 4.98 Å². The second-order valence-corrected chi connectivity index (χ2v) is 6.17. The minimum Gasteiger partial charge on any atom is -0.385 e. The predicted molar refractivity (Wildman–Crippen MR) is 107 cm³/mol. The molecule has 2 aromatic carbocycles. The van der Waals surface area contributed by atoms with Crippen LogP contribution < -0.4 is 10.6 Å². The van der Waals surface area contributed by atoms with Crippen LogP contribution in [0.3, 0.4) is 0 Å². The molecule has 1 aromatic heterocycles. The number of nitrogens with one attached hydrogen (secondary N) is 2. The van der Waals surface area contributed by atoms with Crippen molar-refractivity contribution in [3.05, 3.63) is 65.7 Å². The minimum absolute atomic E-state index is 0.582. The number of rotatable bonds is 8. The molecule has 0 aliphatic carbocycles. The summed E-state index contributed by atoms with van der Waals surface area (Å²) in [7, 11) is 1.70. The third kappa shape index (κ3) is 5.18. The van der Waals surface area contributed by atoms with E-state index in [4.69, 9.17) is 16.3 Å². The zero-order valence-corrected chi connectivity index (χ0v) is 15.3. The predicted octanol–water partition coefficient (Wildman–Crippen LogP) is 4.99. The first kappa shape index (κ1) is 18.2. The molecular weight excluding hydrogens is 348 g/mol. The first-order chi connectivity index (χ1) is 12.7. The van der Waals surface area contributed by atoms with Crippen LogP contribution in [0.4, 0.5) is 17.5 Å². The maximum absolute atomic E-state index is 5.95. The summed E-state index contributed by atoms with van der Waals surface area (Å²) in [6, 6.07) is 19.5. The van der Waals surface area contributed by atoms with Gasteiger partial charge in [0, 0.05) is 42.6 Å². The summed E-state index contributed by atoms with van der Waals surface area (Å²) in [5, 5.41) is 7.27. The molecule has 0 saturated carbocycles. The van der Waals surface area contributed by atoms with Crippen LogP contribution in [0.25, 0.3) is 11.3 Å². The van der Waals surface area contributed by atoms with Crippen LogP contribution in [0.5, 0.6) is 0 Å². The molecule has 0 aliphatic rings. The third-order valence-electron chi connectivity index (χ3n) is 3.72. The molecule has 6 heteroatoms. The van der Waals surface area contributed by atoms with Gasteiger partial charge >= 0.3 is 0 Å². The van der Waals surface area contributed by atoms with E-state index in [1.807, 2.05) is 60.7 Å². The maximum Gasteiger partial charge on any atom is 0.225 e. The summed E-state index contributed by atoms with van der Waals surface area (Å²) in [4.78, 5) is 9.20. The molecule has 0 aliphatic heterocycles. The van der Waals surface area contributed by atoms with Crippen molar-refractivity contribution in [3.8, 4) is 11.3 Å². The van der Waals surface area contributed by atoms with Gasteiger partial charge in [0.25, 0.3) is 0 Å². The summed E-state index contributed by atoms with van der Waals surface area (Å²) < 4.78 is 5.08. The van der Waals surface area contributed by atoms with Crippen LogP contribution in [0.2, 0.25) is 5.02 Å². The highest BCUT2D eigenvalue weighted by molar-refractivity contribution is 6.30. The number of halogens is 1. The quantitative estimate of drug-likeness (QED) is 0.548. The Bertz CT molecular complexity index is 825. The average Bonchev–Trinajstić information content (AvgIpc) is 2.68. The Hall–Kier alpha value is -2.63. The molecule has 5 nitrogen and oxygen atoms in total. The SMILES string of the molecule is COCCCNc1nc(Nc2ccc(Cl)cc2)cc(-c2ccccc2)n1. The highest BCUT2D eigenvalue weighted by atomic mass is 35.5. The van der Waals surface area contributed by atoms with Gasteiger partial charge in [0.2, 0.25) is 5.95 Å². The topological polar surface area (TPSA) is 59.1 Å². The van der Waals surface area contributed by atoms with Gasteiger partial charge in [0.05, 0.1) is 5.69 Å². The monoisotopic (exact) mass is 368 g/mol. The molecule has 0 amide bonds. The zero-order chi connectivity index (χ0) is 18.2. The molecule has 0 saturated heterocycles. The van der Waals surface area contributed by atoms with Crippen LogP contribution in [0.15, 0.2) is 60.7 Å². The lowest BCUT2D eigenvalue weighted by molar-refractivity contribution is 0.197. The highest BCUT2D eigenvalue weighted by Gasteiger charge is 2.07. The van der Waals surface area contributed by atoms with Gasteiger partial charge in [0.1, 0.15) is 5.82 Å². The molecule has 0 atom stereocenters. The summed E-state index contributed by atoms with van der Waals surface area (Å²) in [5.74, 6) is 1.30. The first-order valence-electron chi connectivity index (χ1n) is 8.44. The Balaban J connectivity index is 1.85. The molecule has 134 valence electrons. The molecular formula is C20H21ClN4O. The number of anilines is 3. The molecule has 3 rings (SSSR count). The van der Waals surface area contributed by atoms with Gasteiger partial charge in [-0.3, -0.25) is 0 Å². The summed E-state index contributed by atoms with van der Waals surface area (Å²) in [6.07, 6.45) is 0.884. The summed E-state index contributed by atoms with van der Waals surface area (Å²) in [6.45, 7) is 1.44. The Labute approximate surface area is 158 Å². The van der Waals surface area contributed by atoms with Gasteiger partial charge in [0.15, 0.2) is 0 Å². The summed E-state index contributed by atoms with van der Waals surface area (Å²) >= 11 is 5.95. The van der Waals surface area contributed by atoms with Crippen molar-refractivity contribution in [2.24, 2.45) is 0 Å². The first-order valence-corrected chi connectivity index (χ1v) is 8.82. The molecule has 0 radical (unpaired) electrons. The fourth-order valence-electron chi connectivity index (χ4n) is 2.44. The average molecular weight is 369 g/mol. The van der Waals surface area contributed by atoms with E-state index in [2.05, 4.69) is 20.6 Å². The third-order valence-corrected chi connectivity index (χ3v) is 3.97. The smallest absolute Gasteiger partial charge is 0.225 e. The van der Waals surface area contributed by atoms with Crippen molar-refractivity contribution in [1.82, 2.24) is 9.97 Å². The van der Waals surface area contributed by atoms with Crippen molar-refractivity contribution < 1.29 is 4.74 Å². The second kappa shape index (κ2) is 9.17. The standard InChI is InChI=1S/C20H21ClN4O/c1-26-13-5-12-22-20-24-18(15-6-3-2-4-7-15)14-19(25-20)23-17-10-8-16(21)9-11-17/h2-4,6-11,14H,5,12-13H2,1H3,(H2,22,23,24,25). The van der Waals surface area contributed by atoms with E-state index in [-0.39, 0.29) is 0 Å². The number of hydrogen-bond acceptors (Lipinski definition) is 5. The van der Waals surface area contributed by atoms with Crippen molar-refractivity contribution in [2.75, 3.05) is 30.9 Å². The van der Waals surface area contributed by atoms with Gasteiger partial charge in [-0.15, -0.1) is 0 Å². The van der Waals surface area contributed by atoms with Crippen LogP contribution in [-0.2, 0) is 4.74 Å². The lowest BCUT2D eigenvalue weighted by Gasteiger charge is -2.11. The van der Waals surface area contributed by atoms with E-state index < -0.39 is 0 Å². The Morgan fingerprint density at radius 1 is 1.00 bits per heavy atom. The number of nitrogens with zero attached hydrogens (tertiary/aromatic N) is 2.